The van der Waals surface area contributed by atoms with Crippen molar-refractivity contribution in [1.82, 2.24) is 5.32 Å². The SMILES string of the molecule is CCNC(c1cc(Br)ccc1C)C1CCC(C)CC1. The van der Waals surface area contributed by atoms with E-state index in [1.165, 1.54) is 41.3 Å². The zero-order valence-corrected chi connectivity index (χ0v) is 14.0. The Morgan fingerprint density at radius 3 is 2.58 bits per heavy atom. The molecule has 1 N–H and O–H groups in total. The van der Waals surface area contributed by atoms with Crippen LogP contribution in [0.1, 0.15) is 56.7 Å². The van der Waals surface area contributed by atoms with Gasteiger partial charge in [0.25, 0.3) is 0 Å². The monoisotopic (exact) mass is 323 g/mol. The molecule has 1 aromatic rings. The molecule has 1 atom stereocenters. The summed E-state index contributed by atoms with van der Waals surface area (Å²) in [7, 11) is 0. The van der Waals surface area contributed by atoms with Crippen molar-refractivity contribution in [2.24, 2.45) is 11.8 Å². The summed E-state index contributed by atoms with van der Waals surface area (Å²) in [6.45, 7) is 7.88. The van der Waals surface area contributed by atoms with Crippen LogP contribution in [-0.4, -0.2) is 6.54 Å². The van der Waals surface area contributed by atoms with Crippen LogP contribution in [0, 0.1) is 18.8 Å². The average Bonchev–Trinajstić information content (AvgIpc) is 2.40. The lowest BCUT2D eigenvalue weighted by atomic mass is 9.76. The second-order valence-corrected chi connectivity index (χ2v) is 6.97. The second-order valence-electron chi connectivity index (χ2n) is 6.06. The molecule has 0 heterocycles. The van der Waals surface area contributed by atoms with Gasteiger partial charge in [0.05, 0.1) is 0 Å². The third-order valence-electron chi connectivity index (χ3n) is 4.53. The van der Waals surface area contributed by atoms with Gasteiger partial charge in [-0.3, -0.25) is 0 Å². The molecule has 0 aliphatic heterocycles. The topological polar surface area (TPSA) is 12.0 Å². The molecule has 1 aliphatic carbocycles. The number of rotatable bonds is 4. The number of hydrogen-bond acceptors (Lipinski definition) is 1. The maximum absolute atomic E-state index is 3.73. The first-order chi connectivity index (χ1) is 9.11. The molecule has 2 rings (SSSR count). The van der Waals surface area contributed by atoms with Crippen LogP contribution >= 0.6 is 15.9 Å². The minimum absolute atomic E-state index is 0.523. The standard InChI is InChI=1S/C17H26BrN/c1-4-19-17(14-8-5-12(2)6-9-14)16-11-15(18)10-7-13(16)3/h7,10-12,14,17,19H,4-6,8-9H2,1-3H3. The van der Waals surface area contributed by atoms with Gasteiger partial charge in [-0.05, 0) is 61.4 Å². The van der Waals surface area contributed by atoms with Gasteiger partial charge >= 0.3 is 0 Å². The zero-order valence-electron chi connectivity index (χ0n) is 12.4. The van der Waals surface area contributed by atoms with Gasteiger partial charge in [0.15, 0.2) is 0 Å². The number of halogens is 1. The molecule has 0 spiro atoms. The van der Waals surface area contributed by atoms with Crippen molar-refractivity contribution < 1.29 is 0 Å². The lowest BCUT2D eigenvalue weighted by Crippen LogP contribution is -2.31. The van der Waals surface area contributed by atoms with Crippen LogP contribution in [0.3, 0.4) is 0 Å². The van der Waals surface area contributed by atoms with Crippen molar-refractivity contribution in [2.45, 2.75) is 52.5 Å². The van der Waals surface area contributed by atoms with Crippen molar-refractivity contribution in [3.05, 3.63) is 33.8 Å². The molecule has 1 aliphatic rings. The lowest BCUT2D eigenvalue weighted by molar-refractivity contribution is 0.232. The van der Waals surface area contributed by atoms with E-state index in [4.69, 9.17) is 0 Å². The minimum Gasteiger partial charge on any atom is -0.310 e. The van der Waals surface area contributed by atoms with Crippen LogP contribution in [0.25, 0.3) is 0 Å². The van der Waals surface area contributed by atoms with Gasteiger partial charge < -0.3 is 5.32 Å². The molecule has 0 radical (unpaired) electrons. The van der Waals surface area contributed by atoms with Gasteiger partial charge in [-0.1, -0.05) is 48.7 Å². The van der Waals surface area contributed by atoms with Gasteiger partial charge in [-0.25, -0.2) is 0 Å². The van der Waals surface area contributed by atoms with Gasteiger partial charge in [0.1, 0.15) is 0 Å². The summed E-state index contributed by atoms with van der Waals surface area (Å²) in [6.07, 6.45) is 5.51. The molecule has 0 saturated heterocycles. The molecule has 1 fully saturated rings. The first-order valence-corrected chi connectivity index (χ1v) is 8.40. The van der Waals surface area contributed by atoms with E-state index in [1.54, 1.807) is 0 Å². The van der Waals surface area contributed by atoms with Crippen molar-refractivity contribution in [3.8, 4) is 0 Å². The molecule has 1 saturated carbocycles. The van der Waals surface area contributed by atoms with Crippen LogP contribution in [-0.2, 0) is 0 Å². The molecule has 0 amide bonds. The maximum Gasteiger partial charge on any atom is 0.0351 e. The zero-order chi connectivity index (χ0) is 13.8. The van der Waals surface area contributed by atoms with Crippen molar-refractivity contribution in [2.75, 3.05) is 6.54 Å². The van der Waals surface area contributed by atoms with E-state index in [9.17, 15) is 0 Å². The fourth-order valence-electron chi connectivity index (χ4n) is 3.32. The van der Waals surface area contributed by atoms with Crippen molar-refractivity contribution in [1.29, 1.82) is 0 Å². The number of benzene rings is 1. The van der Waals surface area contributed by atoms with Crippen LogP contribution in [0.2, 0.25) is 0 Å². The molecule has 0 bridgehead atoms. The van der Waals surface area contributed by atoms with Crippen LogP contribution in [0.15, 0.2) is 22.7 Å². The summed E-state index contributed by atoms with van der Waals surface area (Å²) < 4.78 is 1.19. The highest BCUT2D eigenvalue weighted by Gasteiger charge is 2.27. The Hall–Kier alpha value is -0.340. The Bertz CT molecular complexity index is 408. The fourth-order valence-corrected chi connectivity index (χ4v) is 3.69. The van der Waals surface area contributed by atoms with E-state index in [2.05, 4.69) is 60.2 Å². The van der Waals surface area contributed by atoms with Crippen LogP contribution < -0.4 is 5.32 Å². The van der Waals surface area contributed by atoms with E-state index in [1.807, 2.05) is 0 Å². The summed E-state index contributed by atoms with van der Waals surface area (Å²) in [5, 5.41) is 3.73. The Morgan fingerprint density at radius 2 is 1.95 bits per heavy atom. The molecule has 1 unspecified atom stereocenters. The predicted octanol–water partition coefficient (Wildman–Crippen LogP) is 5.23. The molecule has 1 nitrogen and oxygen atoms in total. The summed E-state index contributed by atoms with van der Waals surface area (Å²) in [4.78, 5) is 0. The van der Waals surface area contributed by atoms with Crippen molar-refractivity contribution in [3.63, 3.8) is 0 Å². The predicted molar refractivity (Wildman–Crippen MR) is 86.4 cm³/mol. The summed E-state index contributed by atoms with van der Waals surface area (Å²) in [5.74, 6) is 1.71. The number of hydrogen-bond donors (Lipinski definition) is 1. The first kappa shape index (κ1) is 15.1. The highest BCUT2D eigenvalue weighted by atomic mass is 79.9. The molecule has 0 aromatic heterocycles. The lowest BCUT2D eigenvalue weighted by Gasteiger charge is -2.34. The quantitative estimate of drug-likeness (QED) is 0.799. The van der Waals surface area contributed by atoms with Gasteiger partial charge in [0, 0.05) is 10.5 Å². The van der Waals surface area contributed by atoms with E-state index in [-0.39, 0.29) is 0 Å². The molecule has 1 aromatic carbocycles. The van der Waals surface area contributed by atoms with Crippen molar-refractivity contribution >= 4 is 15.9 Å². The van der Waals surface area contributed by atoms with E-state index < -0.39 is 0 Å². The van der Waals surface area contributed by atoms with E-state index >= 15 is 0 Å². The number of aryl methyl sites for hydroxylation is 1. The molecule has 106 valence electrons. The van der Waals surface area contributed by atoms with Gasteiger partial charge in [-0.2, -0.15) is 0 Å². The second kappa shape index (κ2) is 6.90. The summed E-state index contributed by atoms with van der Waals surface area (Å²) in [5.41, 5.74) is 2.89. The number of nitrogens with one attached hydrogen (secondary N) is 1. The highest BCUT2D eigenvalue weighted by Crippen LogP contribution is 2.38. The Balaban J connectivity index is 2.21. The molecular formula is C17H26BrN. The Labute approximate surface area is 126 Å². The van der Waals surface area contributed by atoms with Gasteiger partial charge in [0.2, 0.25) is 0 Å². The molecular weight excluding hydrogens is 298 g/mol. The largest absolute Gasteiger partial charge is 0.310 e. The third kappa shape index (κ3) is 3.82. The molecule has 2 heteroatoms. The van der Waals surface area contributed by atoms with Gasteiger partial charge in [-0.15, -0.1) is 0 Å². The van der Waals surface area contributed by atoms with Crippen LogP contribution in [0.5, 0.6) is 0 Å². The van der Waals surface area contributed by atoms with E-state index in [0.717, 1.165) is 18.4 Å². The minimum atomic E-state index is 0.523. The average molecular weight is 324 g/mol. The summed E-state index contributed by atoms with van der Waals surface area (Å²) in [6, 6.07) is 7.20. The smallest absolute Gasteiger partial charge is 0.0351 e. The Kier molecular flexibility index (Phi) is 5.47. The maximum atomic E-state index is 3.73. The summed E-state index contributed by atoms with van der Waals surface area (Å²) >= 11 is 3.62. The fraction of sp³-hybridized carbons (Fsp3) is 0.647. The van der Waals surface area contributed by atoms with E-state index in [0.29, 0.717) is 6.04 Å². The van der Waals surface area contributed by atoms with Crippen LogP contribution in [0.4, 0.5) is 0 Å². The Morgan fingerprint density at radius 1 is 1.26 bits per heavy atom. The highest BCUT2D eigenvalue weighted by molar-refractivity contribution is 9.10. The first-order valence-electron chi connectivity index (χ1n) is 7.61. The third-order valence-corrected chi connectivity index (χ3v) is 5.03. The normalized spacial score (nSPS) is 25.3. The molecule has 19 heavy (non-hydrogen) atoms.